The predicted molar refractivity (Wildman–Crippen MR) is 95.1 cm³/mol. The number of carboxylic acid groups (broad SMARTS) is 1. The van der Waals surface area contributed by atoms with Crippen molar-refractivity contribution in [2.75, 3.05) is 11.9 Å². The van der Waals surface area contributed by atoms with Gasteiger partial charge in [0, 0.05) is 5.69 Å². The van der Waals surface area contributed by atoms with E-state index in [-0.39, 0.29) is 22.6 Å². The average Bonchev–Trinajstić information content (AvgIpc) is 3.40. The van der Waals surface area contributed by atoms with Crippen LogP contribution in [0.1, 0.15) is 24.3 Å². The van der Waals surface area contributed by atoms with Crippen molar-refractivity contribution >= 4 is 29.2 Å². The molecule has 1 aliphatic rings. The lowest BCUT2D eigenvalue weighted by Gasteiger charge is -2.17. The molecule has 0 heterocycles. The second-order valence-corrected chi connectivity index (χ2v) is 6.45. The van der Waals surface area contributed by atoms with Crippen LogP contribution in [0.3, 0.4) is 0 Å². The van der Waals surface area contributed by atoms with Gasteiger partial charge in [-0.2, -0.15) is 0 Å². The van der Waals surface area contributed by atoms with Crippen LogP contribution in [-0.4, -0.2) is 23.6 Å². The summed E-state index contributed by atoms with van der Waals surface area (Å²) in [5.74, 6) is -0.685. The molecule has 5 nitrogen and oxygen atoms in total. The summed E-state index contributed by atoms with van der Waals surface area (Å²) < 4.78 is 5.08. The van der Waals surface area contributed by atoms with Crippen LogP contribution in [0.15, 0.2) is 48.5 Å². The second-order valence-electron chi connectivity index (χ2n) is 6.04. The van der Waals surface area contributed by atoms with Gasteiger partial charge in [0.1, 0.15) is 5.75 Å². The van der Waals surface area contributed by atoms with Crippen LogP contribution in [0.25, 0.3) is 0 Å². The molecule has 0 bridgehead atoms. The maximum Gasteiger partial charge on any atom is 0.341 e. The molecule has 1 aliphatic carbocycles. The zero-order valence-electron chi connectivity index (χ0n) is 13.4. The van der Waals surface area contributed by atoms with E-state index in [4.69, 9.17) is 21.4 Å². The van der Waals surface area contributed by atoms with Crippen molar-refractivity contribution in [2.24, 2.45) is 5.92 Å². The minimum atomic E-state index is -1.08. The first-order valence-corrected chi connectivity index (χ1v) is 8.42. The fourth-order valence-corrected chi connectivity index (χ4v) is 3.02. The Bertz CT molecular complexity index is 774. The lowest BCUT2D eigenvalue weighted by atomic mass is 9.93. The van der Waals surface area contributed by atoms with Gasteiger partial charge in [-0.15, -0.1) is 0 Å². The second kappa shape index (κ2) is 7.57. The Morgan fingerprint density at radius 1 is 1.20 bits per heavy atom. The third kappa shape index (κ3) is 4.51. The third-order valence-corrected chi connectivity index (χ3v) is 4.38. The summed E-state index contributed by atoms with van der Waals surface area (Å²) in [6, 6.07) is 14.5. The van der Waals surface area contributed by atoms with Gasteiger partial charge in [0.15, 0.2) is 6.61 Å². The van der Waals surface area contributed by atoms with Gasteiger partial charge in [-0.25, -0.2) is 4.79 Å². The third-order valence-electron chi connectivity index (χ3n) is 4.09. The molecule has 1 saturated carbocycles. The van der Waals surface area contributed by atoms with Crippen LogP contribution in [-0.2, 0) is 9.59 Å². The van der Waals surface area contributed by atoms with Crippen LogP contribution in [0, 0.1) is 5.92 Å². The Kier molecular flexibility index (Phi) is 5.24. The molecule has 2 aromatic carbocycles. The lowest BCUT2D eigenvalue weighted by Crippen LogP contribution is -2.22. The van der Waals surface area contributed by atoms with E-state index >= 15 is 0 Å². The van der Waals surface area contributed by atoms with Gasteiger partial charge in [0.05, 0.1) is 10.9 Å². The molecule has 0 aromatic heterocycles. The Hall–Kier alpha value is -2.53. The summed E-state index contributed by atoms with van der Waals surface area (Å²) in [5, 5.41) is 11.8. The lowest BCUT2D eigenvalue weighted by molar-refractivity contribution is -0.139. The number of anilines is 1. The fraction of sp³-hybridized carbons (Fsp3) is 0.263. The smallest absolute Gasteiger partial charge is 0.341 e. The molecule has 2 aromatic rings. The van der Waals surface area contributed by atoms with Crippen molar-refractivity contribution < 1.29 is 19.4 Å². The first-order valence-electron chi connectivity index (χ1n) is 8.04. The van der Waals surface area contributed by atoms with Crippen molar-refractivity contribution in [1.29, 1.82) is 0 Å². The summed E-state index contributed by atoms with van der Waals surface area (Å²) in [5.41, 5.74) is 1.56. The molecule has 1 unspecified atom stereocenters. The minimum absolute atomic E-state index is 0.0658. The normalized spacial score (nSPS) is 14.6. The number of carbonyl (C=O) groups excluding carboxylic acids is 1. The van der Waals surface area contributed by atoms with E-state index in [0.717, 1.165) is 18.4 Å². The van der Waals surface area contributed by atoms with E-state index in [1.54, 1.807) is 18.2 Å². The highest BCUT2D eigenvalue weighted by molar-refractivity contribution is 6.32. The number of ether oxygens (including phenoxy) is 1. The summed E-state index contributed by atoms with van der Waals surface area (Å²) in [7, 11) is 0. The molecule has 0 saturated heterocycles. The fourth-order valence-electron chi connectivity index (χ4n) is 2.78. The number of rotatable bonds is 7. The molecule has 0 spiro atoms. The Labute approximate surface area is 150 Å². The van der Waals surface area contributed by atoms with E-state index in [0.29, 0.717) is 11.6 Å². The molecule has 6 heteroatoms. The van der Waals surface area contributed by atoms with Crippen molar-refractivity contribution in [3.05, 3.63) is 59.1 Å². The number of nitrogens with one attached hydrogen (secondary N) is 1. The quantitative estimate of drug-likeness (QED) is 0.785. The van der Waals surface area contributed by atoms with Crippen molar-refractivity contribution in [2.45, 2.75) is 18.8 Å². The molecule has 2 N–H and O–H groups in total. The highest BCUT2D eigenvalue weighted by Crippen LogP contribution is 2.43. The van der Waals surface area contributed by atoms with Crippen molar-refractivity contribution in [3.8, 4) is 5.75 Å². The van der Waals surface area contributed by atoms with E-state index in [1.165, 1.54) is 0 Å². The van der Waals surface area contributed by atoms with Crippen LogP contribution in [0.2, 0.25) is 5.02 Å². The molecular weight excluding hydrogens is 342 g/mol. The summed E-state index contributed by atoms with van der Waals surface area (Å²) in [4.78, 5) is 23.3. The molecule has 3 rings (SSSR count). The van der Waals surface area contributed by atoms with E-state index in [9.17, 15) is 9.59 Å². The molecular formula is C19H18ClNO4. The van der Waals surface area contributed by atoms with Gasteiger partial charge in [-0.1, -0.05) is 41.9 Å². The van der Waals surface area contributed by atoms with Gasteiger partial charge >= 0.3 is 5.97 Å². The number of halogens is 1. The zero-order chi connectivity index (χ0) is 17.8. The van der Waals surface area contributed by atoms with Gasteiger partial charge in [-0.3, -0.25) is 4.79 Å². The van der Waals surface area contributed by atoms with Gasteiger partial charge in [-0.05, 0) is 42.5 Å². The van der Waals surface area contributed by atoms with Crippen molar-refractivity contribution in [3.63, 3.8) is 0 Å². The maximum atomic E-state index is 12.7. The largest absolute Gasteiger partial charge is 0.480 e. The average molecular weight is 360 g/mol. The number of benzene rings is 2. The number of aliphatic carboxylic acids is 1. The molecule has 0 aliphatic heterocycles. The highest BCUT2D eigenvalue weighted by Gasteiger charge is 2.37. The summed E-state index contributed by atoms with van der Waals surface area (Å²) in [6.07, 6.45) is 2.10. The van der Waals surface area contributed by atoms with E-state index in [2.05, 4.69) is 5.32 Å². The number of hydrogen-bond donors (Lipinski definition) is 2. The minimum Gasteiger partial charge on any atom is -0.480 e. The predicted octanol–water partition coefficient (Wildman–Crippen LogP) is 3.94. The first kappa shape index (κ1) is 17.3. The Morgan fingerprint density at radius 2 is 1.92 bits per heavy atom. The van der Waals surface area contributed by atoms with Gasteiger partial charge < -0.3 is 15.2 Å². The van der Waals surface area contributed by atoms with Crippen molar-refractivity contribution in [1.82, 2.24) is 0 Å². The Morgan fingerprint density at radius 3 is 2.52 bits per heavy atom. The molecule has 0 radical (unpaired) electrons. The van der Waals surface area contributed by atoms with Gasteiger partial charge in [0.2, 0.25) is 5.91 Å². The topological polar surface area (TPSA) is 75.6 Å². The first-order chi connectivity index (χ1) is 12.0. The monoisotopic (exact) mass is 359 g/mol. The molecule has 130 valence electrons. The molecule has 1 amide bonds. The summed E-state index contributed by atoms with van der Waals surface area (Å²) in [6.45, 7) is -0.469. The summed E-state index contributed by atoms with van der Waals surface area (Å²) >= 11 is 6.10. The molecule has 1 atom stereocenters. The standard InChI is InChI=1S/C19H18ClNO4/c20-15-10-14(8-9-16(15)25-11-17(22)23)21-19(24)18(13-6-7-13)12-4-2-1-3-5-12/h1-5,8-10,13,18H,6-7,11H2,(H,21,24)(H,22,23). The van der Waals surface area contributed by atoms with Crippen LogP contribution < -0.4 is 10.1 Å². The molecule has 1 fully saturated rings. The van der Waals surface area contributed by atoms with E-state index < -0.39 is 12.6 Å². The Balaban J connectivity index is 1.71. The number of hydrogen-bond acceptors (Lipinski definition) is 3. The van der Waals surface area contributed by atoms with Crippen LogP contribution >= 0.6 is 11.6 Å². The van der Waals surface area contributed by atoms with Crippen LogP contribution in [0.5, 0.6) is 5.75 Å². The van der Waals surface area contributed by atoms with E-state index in [1.807, 2.05) is 30.3 Å². The number of amides is 1. The number of carboxylic acids is 1. The van der Waals surface area contributed by atoms with Crippen LogP contribution in [0.4, 0.5) is 5.69 Å². The number of carbonyl (C=O) groups is 2. The highest BCUT2D eigenvalue weighted by atomic mass is 35.5. The SMILES string of the molecule is O=C(O)COc1ccc(NC(=O)C(c2ccccc2)C2CC2)cc1Cl. The van der Waals surface area contributed by atoms with Gasteiger partial charge in [0.25, 0.3) is 0 Å². The zero-order valence-corrected chi connectivity index (χ0v) is 14.2. The maximum absolute atomic E-state index is 12.7. The molecule has 25 heavy (non-hydrogen) atoms.